The number of carbonyl (C=O) groups excluding carboxylic acids is 4. The smallest absolute Gasteiger partial charge is 0.409 e. The molecule has 0 aliphatic carbocycles. The highest BCUT2D eigenvalue weighted by molar-refractivity contribution is 5.98. The number of piperazine rings is 1. The van der Waals surface area contributed by atoms with E-state index in [4.69, 9.17) is 9.47 Å². The second kappa shape index (κ2) is 14.0. The average Bonchev–Trinajstić information content (AvgIpc) is 3.48. The Labute approximate surface area is 245 Å². The molecule has 0 spiro atoms. The highest BCUT2D eigenvalue weighted by atomic mass is 16.6. The maximum atomic E-state index is 13.1. The number of rotatable bonds is 9. The summed E-state index contributed by atoms with van der Waals surface area (Å²) in [6.45, 7) is 7.61. The number of aromatic nitrogens is 1. The van der Waals surface area contributed by atoms with Gasteiger partial charge in [0.15, 0.2) is 6.10 Å². The molecule has 0 radical (unpaired) electrons. The number of nitrogens with zero attached hydrogens (tertiary/aromatic N) is 5. The van der Waals surface area contributed by atoms with Crippen LogP contribution in [0.3, 0.4) is 0 Å². The third kappa shape index (κ3) is 7.26. The molecule has 224 valence electrons. The standard InChI is InChI=1S/C30H38N6O6/c1-4-5-15-41-30(40)35-13-11-34(12-14-35)27(37)19-32-28(38)25-17-26(23-9-8-20(2)16-24(23)33-25)42-21(3)29(39)36-10-6-7-22(36)18-31/h8-9,16-17,21-22H,4-7,10-15,19H2,1-3H3,(H,32,38)/t21-,22?/m1/s1. The lowest BCUT2D eigenvalue weighted by Crippen LogP contribution is -2.52. The minimum Gasteiger partial charge on any atom is -0.480 e. The maximum Gasteiger partial charge on any atom is 0.409 e. The molecule has 42 heavy (non-hydrogen) atoms. The van der Waals surface area contributed by atoms with Crippen molar-refractivity contribution < 1.29 is 28.7 Å². The minimum atomic E-state index is -0.883. The van der Waals surface area contributed by atoms with E-state index in [-0.39, 0.29) is 30.1 Å². The molecule has 2 saturated heterocycles. The van der Waals surface area contributed by atoms with Gasteiger partial charge in [-0.25, -0.2) is 9.78 Å². The lowest BCUT2D eigenvalue weighted by Gasteiger charge is -2.34. The minimum absolute atomic E-state index is 0.0475. The van der Waals surface area contributed by atoms with E-state index in [1.807, 2.05) is 32.0 Å². The van der Waals surface area contributed by atoms with Crippen molar-refractivity contribution in [2.24, 2.45) is 0 Å². The van der Waals surface area contributed by atoms with Gasteiger partial charge in [0.25, 0.3) is 11.8 Å². The summed E-state index contributed by atoms with van der Waals surface area (Å²) in [5, 5.41) is 12.7. The van der Waals surface area contributed by atoms with Gasteiger partial charge >= 0.3 is 6.09 Å². The molecule has 2 aromatic rings. The van der Waals surface area contributed by atoms with Crippen molar-refractivity contribution in [2.45, 2.75) is 58.6 Å². The number of hydrogen-bond acceptors (Lipinski definition) is 8. The number of fused-ring (bicyclic) bond motifs is 1. The van der Waals surface area contributed by atoms with Gasteiger partial charge in [-0.15, -0.1) is 0 Å². The fraction of sp³-hybridized carbons (Fsp3) is 0.533. The molecular formula is C30H38N6O6. The van der Waals surface area contributed by atoms with Gasteiger partial charge < -0.3 is 29.5 Å². The predicted molar refractivity (Wildman–Crippen MR) is 154 cm³/mol. The van der Waals surface area contributed by atoms with E-state index < -0.39 is 18.1 Å². The molecule has 2 aliphatic heterocycles. The van der Waals surface area contributed by atoms with Gasteiger partial charge in [0.1, 0.15) is 17.5 Å². The van der Waals surface area contributed by atoms with E-state index >= 15 is 0 Å². The van der Waals surface area contributed by atoms with Gasteiger partial charge in [-0.3, -0.25) is 14.4 Å². The number of likely N-dealkylation sites (tertiary alicyclic amines) is 1. The second-order valence-electron chi connectivity index (χ2n) is 10.6. The van der Waals surface area contributed by atoms with Crippen molar-refractivity contribution in [3.8, 4) is 11.8 Å². The Morgan fingerprint density at radius 3 is 2.57 bits per heavy atom. The second-order valence-corrected chi connectivity index (χ2v) is 10.6. The SMILES string of the molecule is CCCCOC(=O)N1CCN(C(=O)CNC(=O)c2cc(O[C@H](C)C(=O)N3CCCC3C#N)c3ccc(C)cc3n2)CC1. The highest BCUT2D eigenvalue weighted by Crippen LogP contribution is 2.28. The van der Waals surface area contributed by atoms with Crippen LogP contribution >= 0.6 is 0 Å². The largest absolute Gasteiger partial charge is 0.480 e. The van der Waals surface area contributed by atoms with E-state index in [0.29, 0.717) is 62.4 Å². The zero-order valence-corrected chi connectivity index (χ0v) is 24.4. The summed E-state index contributed by atoms with van der Waals surface area (Å²) in [5.74, 6) is -0.806. The van der Waals surface area contributed by atoms with Gasteiger partial charge in [-0.05, 0) is 50.8 Å². The van der Waals surface area contributed by atoms with Crippen LogP contribution in [-0.2, 0) is 14.3 Å². The van der Waals surface area contributed by atoms with Crippen molar-refractivity contribution in [1.82, 2.24) is 25.0 Å². The first kappa shape index (κ1) is 30.6. The van der Waals surface area contributed by atoms with Crippen LogP contribution in [0.1, 0.15) is 55.6 Å². The summed E-state index contributed by atoms with van der Waals surface area (Å²) in [5.41, 5.74) is 1.49. The molecular weight excluding hydrogens is 540 g/mol. The molecule has 1 aromatic heterocycles. The zero-order valence-electron chi connectivity index (χ0n) is 24.4. The Bertz CT molecular complexity index is 1370. The number of hydrogen-bond donors (Lipinski definition) is 1. The third-order valence-corrected chi connectivity index (χ3v) is 7.51. The molecule has 12 nitrogen and oxygen atoms in total. The number of pyridine rings is 1. The number of unbranched alkanes of at least 4 members (excludes halogenated alkanes) is 1. The summed E-state index contributed by atoms with van der Waals surface area (Å²) in [4.78, 5) is 60.3. The van der Waals surface area contributed by atoms with Crippen molar-refractivity contribution in [1.29, 1.82) is 5.26 Å². The van der Waals surface area contributed by atoms with Crippen LogP contribution in [0.2, 0.25) is 0 Å². The van der Waals surface area contributed by atoms with Crippen LogP contribution in [0, 0.1) is 18.3 Å². The molecule has 0 bridgehead atoms. The number of carbonyl (C=O) groups is 4. The Hall–Kier alpha value is -4.40. The van der Waals surface area contributed by atoms with E-state index in [1.165, 1.54) is 11.0 Å². The molecule has 2 aliphatic rings. The third-order valence-electron chi connectivity index (χ3n) is 7.51. The Kier molecular flexibility index (Phi) is 10.2. The topological polar surface area (TPSA) is 145 Å². The molecule has 0 saturated carbocycles. The predicted octanol–water partition coefficient (Wildman–Crippen LogP) is 2.64. The van der Waals surface area contributed by atoms with E-state index in [9.17, 15) is 24.4 Å². The average molecular weight is 579 g/mol. The first-order chi connectivity index (χ1) is 20.2. The van der Waals surface area contributed by atoms with Gasteiger partial charge in [0, 0.05) is 44.2 Å². The Morgan fingerprint density at radius 2 is 1.86 bits per heavy atom. The molecule has 2 atom stereocenters. The van der Waals surface area contributed by atoms with Crippen LogP contribution in [-0.4, -0.2) is 102 Å². The summed E-state index contributed by atoms with van der Waals surface area (Å²) in [7, 11) is 0. The number of nitriles is 1. The van der Waals surface area contributed by atoms with Crippen molar-refractivity contribution in [2.75, 3.05) is 45.9 Å². The lowest BCUT2D eigenvalue weighted by molar-refractivity contribution is -0.137. The molecule has 1 aromatic carbocycles. The number of nitrogens with one attached hydrogen (secondary N) is 1. The summed E-state index contributed by atoms with van der Waals surface area (Å²) < 4.78 is 11.3. The van der Waals surface area contributed by atoms with Crippen LogP contribution in [0.25, 0.3) is 10.9 Å². The molecule has 1 unspecified atom stereocenters. The van der Waals surface area contributed by atoms with Gasteiger partial charge in [-0.2, -0.15) is 5.26 Å². The van der Waals surface area contributed by atoms with Crippen LogP contribution < -0.4 is 10.1 Å². The maximum absolute atomic E-state index is 13.1. The van der Waals surface area contributed by atoms with Crippen molar-refractivity contribution in [3.63, 3.8) is 0 Å². The number of ether oxygens (including phenoxy) is 2. The highest BCUT2D eigenvalue weighted by Gasteiger charge is 2.33. The van der Waals surface area contributed by atoms with E-state index in [0.717, 1.165) is 24.8 Å². The van der Waals surface area contributed by atoms with Crippen molar-refractivity contribution in [3.05, 3.63) is 35.5 Å². The van der Waals surface area contributed by atoms with Gasteiger partial charge in [-0.1, -0.05) is 19.4 Å². The number of benzene rings is 1. The molecule has 2 fully saturated rings. The molecule has 3 heterocycles. The lowest BCUT2D eigenvalue weighted by atomic mass is 10.1. The summed E-state index contributed by atoms with van der Waals surface area (Å²) >= 11 is 0. The van der Waals surface area contributed by atoms with Gasteiger partial charge in [0.05, 0.1) is 24.7 Å². The Balaban J connectivity index is 1.39. The molecule has 4 rings (SSSR count). The van der Waals surface area contributed by atoms with Crippen LogP contribution in [0.5, 0.6) is 5.75 Å². The van der Waals surface area contributed by atoms with E-state index in [2.05, 4.69) is 16.4 Å². The Morgan fingerprint density at radius 1 is 1.12 bits per heavy atom. The quantitative estimate of drug-likeness (QED) is 0.447. The summed E-state index contributed by atoms with van der Waals surface area (Å²) in [6.07, 6.45) is 1.88. The monoisotopic (exact) mass is 578 g/mol. The summed E-state index contributed by atoms with van der Waals surface area (Å²) in [6, 6.07) is 8.69. The normalized spacial score (nSPS) is 17.5. The molecule has 4 amide bonds. The van der Waals surface area contributed by atoms with E-state index in [1.54, 1.807) is 16.7 Å². The molecule has 1 N–H and O–H groups in total. The van der Waals surface area contributed by atoms with Gasteiger partial charge in [0.2, 0.25) is 5.91 Å². The van der Waals surface area contributed by atoms with Crippen LogP contribution in [0.15, 0.2) is 24.3 Å². The first-order valence-corrected chi connectivity index (χ1v) is 14.5. The number of aryl methyl sites for hydroxylation is 1. The van der Waals surface area contributed by atoms with Crippen molar-refractivity contribution >= 4 is 34.7 Å². The zero-order chi connectivity index (χ0) is 30.2. The first-order valence-electron chi connectivity index (χ1n) is 14.5. The fourth-order valence-electron chi connectivity index (χ4n) is 5.05. The number of amides is 4. The fourth-order valence-corrected chi connectivity index (χ4v) is 5.05. The van der Waals surface area contributed by atoms with Crippen LogP contribution in [0.4, 0.5) is 4.79 Å². The molecule has 12 heteroatoms.